The molecule has 0 aliphatic rings. The zero-order valence-electron chi connectivity index (χ0n) is 15.8. The highest BCUT2D eigenvalue weighted by Crippen LogP contribution is 2.16. The van der Waals surface area contributed by atoms with Crippen LogP contribution in [-0.2, 0) is 20.4 Å². The summed E-state index contributed by atoms with van der Waals surface area (Å²) in [7, 11) is -1.29. The maximum Gasteiger partial charge on any atom is 0.236 e. The normalized spacial score (nSPS) is 11.6. The quantitative estimate of drug-likeness (QED) is 0.554. The smallest absolute Gasteiger partial charge is 0.236 e. The van der Waals surface area contributed by atoms with Gasteiger partial charge in [0.05, 0.1) is 10.8 Å². The van der Waals surface area contributed by atoms with E-state index >= 15 is 0 Å². The third-order valence-electron chi connectivity index (χ3n) is 4.31. The maximum absolute atomic E-state index is 12.8. The molecule has 3 rings (SSSR count). The molecule has 1 atom stereocenters. The van der Waals surface area contributed by atoms with Crippen LogP contribution < -0.4 is 10.6 Å². The minimum Gasteiger partial charge on any atom is -0.325 e. The summed E-state index contributed by atoms with van der Waals surface area (Å²) in [6, 6.07) is 27.0. The van der Waals surface area contributed by atoms with Crippen molar-refractivity contribution in [3.63, 3.8) is 0 Å². The fourth-order valence-electron chi connectivity index (χ4n) is 2.80. The van der Waals surface area contributed by atoms with Gasteiger partial charge in [-0.15, -0.1) is 0 Å². The molecule has 3 aromatic rings. The molecule has 0 aliphatic heterocycles. The largest absolute Gasteiger partial charge is 0.325 e. The molecule has 0 saturated heterocycles. The van der Waals surface area contributed by atoms with E-state index in [-0.39, 0.29) is 12.2 Å². The van der Waals surface area contributed by atoms with Gasteiger partial charge < -0.3 is 10.6 Å². The number of hydrogen-bond donors (Lipinski definition) is 2. The van der Waals surface area contributed by atoms with Gasteiger partial charge in [0.15, 0.2) is 0 Å². The van der Waals surface area contributed by atoms with Gasteiger partial charge in [0.1, 0.15) is 5.92 Å². The Morgan fingerprint density at radius 3 is 1.55 bits per heavy atom. The van der Waals surface area contributed by atoms with E-state index in [1.165, 1.54) is 0 Å². The summed E-state index contributed by atoms with van der Waals surface area (Å²) in [6.45, 7) is 0. The summed E-state index contributed by atoms with van der Waals surface area (Å²) in [5.41, 5.74) is 1.22. The van der Waals surface area contributed by atoms with Crippen molar-refractivity contribution in [2.45, 2.75) is 11.3 Å². The highest BCUT2D eigenvalue weighted by molar-refractivity contribution is 7.85. The second-order valence-electron chi connectivity index (χ2n) is 6.41. The first-order valence-electron chi connectivity index (χ1n) is 9.29. The Hall–Kier alpha value is -3.25. The van der Waals surface area contributed by atoms with Crippen molar-refractivity contribution in [2.24, 2.45) is 5.92 Å². The number of nitrogens with one attached hydrogen (secondary N) is 2. The number of anilines is 2. The topological polar surface area (TPSA) is 75.3 Å². The second kappa shape index (κ2) is 10.3. The number of rotatable bonds is 8. The molecular weight excluding hydrogens is 384 g/mol. The monoisotopic (exact) mass is 406 g/mol. The lowest BCUT2D eigenvalue weighted by Gasteiger charge is -2.17. The van der Waals surface area contributed by atoms with Crippen LogP contribution >= 0.6 is 0 Å². The van der Waals surface area contributed by atoms with Gasteiger partial charge in [-0.1, -0.05) is 54.6 Å². The van der Waals surface area contributed by atoms with Crippen LogP contribution in [0.5, 0.6) is 0 Å². The van der Waals surface area contributed by atoms with Gasteiger partial charge in [-0.3, -0.25) is 13.8 Å². The Labute approximate surface area is 172 Å². The van der Waals surface area contributed by atoms with E-state index in [1.54, 1.807) is 60.7 Å². The molecule has 0 bridgehead atoms. The first-order valence-corrected chi connectivity index (χ1v) is 10.6. The third kappa shape index (κ3) is 6.12. The van der Waals surface area contributed by atoms with Crippen LogP contribution in [0, 0.1) is 5.92 Å². The van der Waals surface area contributed by atoms with Crippen molar-refractivity contribution >= 4 is 34.0 Å². The highest BCUT2D eigenvalue weighted by Gasteiger charge is 2.27. The molecule has 0 spiro atoms. The van der Waals surface area contributed by atoms with Gasteiger partial charge >= 0.3 is 0 Å². The van der Waals surface area contributed by atoms with Crippen molar-refractivity contribution in [2.75, 3.05) is 16.4 Å². The van der Waals surface area contributed by atoms with Crippen LogP contribution in [0.4, 0.5) is 11.4 Å². The zero-order valence-corrected chi connectivity index (χ0v) is 16.6. The Bertz CT molecular complexity index is 910. The van der Waals surface area contributed by atoms with Gasteiger partial charge in [0.2, 0.25) is 11.8 Å². The summed E-state index contributed by atoms with van der Waals surface area (Å²) in [5.74, 6) is -1.61. The van der Waals surface area contributed by atoms with Crippen LogP contribution in [-0.4, -0.2) is 21.8 Å². The SMILES string of the molecule is O=C(Nc1ccccc1)C(CCS(=O)c1ccccc1)C(=O)Nc1ccccc1. The van der Waals surface area contributed by atoms with E-state index in [9.17, 15) is 13.8 Å². The Balaban J connectivity index is 1.72. The molecule has 3 aromatic carbocycles. The summed E-state index contributed by atoms with van der Waals surface area (Å²) in [5, 5.41) is 5.55. The summed E-state index contributed by atoms with van der Waals surface area (Å²) in [6.07, 6.45) is 0.166. The molecule has 148 valence electrons. The number of benzene rings is 3. The Morgan fingerprint density at radius 1 is 0.690 bits per heavy atom. The van der Waals surface area contributed by atoms with E-state index in [0.29, 0.717) is 16.3 Å². The van der Waals surface area contributed by atoms with Crippen LogP contribution in [0.15, 0.2) is 95.9 Å². The van der Waals surface area contributed by atoms with E-state index in [4.69, 9.17) is 0 Å². The molecule has 0 heterocycles. The van der Waals surface area contributed by atoms with Gasteiger partial charge in [0.25, 0.3) is 0 Å². The van der Waals surface area contributed by atoms with Crippen molar-refractivity contribution < 1.29 is 13.8 Å². The average molecular weight is 407 g/mol. The van der Waals surface area contributed by atoms with Crippen LogP contribution in [0.2, 0.25) is 0 Å². The molecule has 2 N–H and O–H groups in total. The van der Waals surface area contributed by atoms with Crippen molar-refractivity contribution in [3.8, 4) is 0 Å². The predicted molar refractivity (Wildman–Crippen MR) is 116 cm³/mol. The van der Waals surface area contributed by atoms with Gasteiger partial charge in [-0.05, 0) is 42.8 Å². The summed E-state index contributed by atoms with van der Waals surface area (Å²) in [4.78, 5) is 26.3. The molecule has 29 heavy (non-hydrogen) atoms. The fourth-order valence-corrected chi connectivity index (χ4v) is 3.94. The van der Waals surface area contributed by atoms with E-state index in [2.05, 4.69) is 10.6 Å². The molecule has 0 radical (unpaired) electrons. The molecular formula is C23H22N2O3S. The van der Waals surface area contributed by atoms with Crippen molar-refractivity contribution in [1.29, 1.82) is 0 Å². The molecule has 0 aromatic heterocycles. The Morgan fingerprint density at radius 2 is 1.10 bits per heavy atom. The molecule has 6 heteroatoms. The third-order valence-corrected chi connectivity index (χ3v) is 5.72. The average Bonchev–Trinajstić information content (AvgIpc) is 2.76. The molecule has 0 fully saturated rings. The first-order chi connectivity index (χ1) is 14.1. The minimum absolute atomic E-state index is 0.166. The maximum atomic E-state index is 12.8. The standard InChI is InChI=1S/C23H22N2O3S/c26-22(24-18-10-4-1-5-11-18)21(23(27)25-19-12-6-2-7-13-19)16-17-29(28)20-14-8-3-9-15-20/h1-15,21H,16-17H2,(H,24,26)(H,25,27). The highest BCUT2D eigenvalue weighted by atomic mass is 32.2. The summed E-state index contributed by atoms with van der Waals surface area (Å²) < 4.78 is 12.6. The number of amides is 2. The molecule has 0 aliphatic carbocycles. The first kappa shape index (κ1) is 20.5. The fraction of sp³-hybridized carbons (Fsp3) is 0.130. The van der Waals surface area contributed by atoms with Gasteiger partial charge in [0, 0.05) is 22.0 Å². The molecule has 5 nitrogen and oxygen atoms in total. The van der Waals surface area contributed by atoms with Crippen LogP contribution in [0.3, 0.4) is 0 Å². The predicted octanol–water partition coefficient (Wildman–Crippen LogP) is 4.08. The lowest BCUT2D eigenvalue weighted by atomic mass is 10.0. The molecule has 2 amide bonds. The number of hydrogen-bond acceptors (Lipinski definition) is 3. The number of carbonyl (C=O) groups excluding carboxylic acids is 2. The van der Waals surface area contributed by atoms with Crippen molar-refractivity contribution in [3.05, 3.63) is 91.0 Å². The number of carbonyl (C=O) groups is 2. The lowest BCUT2D eigenvalue weighted by Crippen LogP contribution is -2.35. The molecule has 1 unspecified atom stereocenters. The van der Waals surface area contributed by atoms with E-state index < -0.39 is 28.5 Å². The second-order valence-corrected chi connectivity index (χ2v) is 7.99. The van der Waals surface area contributed by atoms with Crippen LogP contribution in [0.1, 0.15) is 6.42 Å². The van der Waals surface area contributed by atoms with Gasteiger partial charge in [-0.2, -0.15) is 0 Å². The van der Waals surface area contributed by atoms with Crippen molar-refractivity contribution in [1.82, 2.24) is 0 Å². The van der Waals surface area contributed by atoms with Gasteiger partial charge in [-0.25, -0.2) is 0 Å². The van der Waals surface area contributed by atoms with E-state index in [0.717, 1.165) is 0 Å². The minimum atomic E-state index is -1.29. The lowest BCUT2D eigenvalue weighted by molar-refractivity contribution is -0.129. The molecule has 0 saturated carbocycles. The van der Waals surface area contributed by atoms with E-state index in [1.807, 2.05) is 30.3 Å². The number of para-hydroxylation sites is 2. The Kier molecular flexibility index (Phi) is 7.30. The summed E-state index contributed by atoms with van der Waals surface area (Å²) >= 11 is 0. The zero-order chi connectivity index (χ0) is 20.5. The van der Waals surface area contributed by atoms with Crippen LogP contribution in [0.25, 0.3) is 0 Å².